The fraction of sp³-hybridized carbons (Fsp3) is 0.556. The van der Waals surface area contributed by atoms with Gasteiger partial charge in [0.25, 0.3) is 0 Å². The molecule has 138 valence electrons. The van der Waals surface area contributed by atoms with Crippen molar-refractivity contribution in [2.75, 3.05) is 26.8 Å². The van der Waals surface area contributed by atoms with Gasteiger partial charge in [-0.15, -0.1) is 0 Å². The van der Waals surface area contributed by atoms with Crippen LogP contribution < -0.4 is 14.8 Å². The molecule has 1 fully saturated rings. The molecule has 1 aromatic carbocycles. The third-order valence-electron chi connectivity index (χ3n) is 3.88. The van der Waals surface area contributed by atoms with Crippen LogP contribution in [0.2, 0.25) is 0 Å². The molecule has 0 aromatic heterocycles. The number of methoxy groups -OCH3 is 1. The molecule has 0 saturated carbocycles. The molecule has 1 aromatic rings. The maximum absolute atomic E-state index is 12.1. The first-order valence-corrected chi connectivity index (χ1v) is 8.46. The van der Waals surface area contributed by atoms with E-state index in [1.165, 1.54) is 4.90 Å². The van der Waals surface area contributed by atoms with Gasteiger partial charge in [-0.3, -0.25) is 4.79 Å². The lowest BCUT2D eigenvalue weighted by Gasteiger charge is -2.19. The van der Waals surface area contributed by atoms with Gasteiger partial charge in [0.2, 0.25) is 5.91 Å². The molecule has 1 heterocycles. The van der Waals surface area contributed by atoms with Gasteiger partial charge in [-0.05, 0) is 38.5 Å². The SMILES string of the molecule is COc1cc(C(C)NC(=O)CCN2CCOC2=O)ccc1OC(C)C. The van der Waals surface area contributed by atoms with Crippen LogP contribution in [0.4, 0.5) is 4.79 Å². The highest BCUT2D eigenvalue weighted by molar-refractivity contribution is 5.77. The van der Waals surface area contributed by atoms with Crippen molar-refractivity contribution in [2.24, 2.45) is 0 Å². The molecular weight excluding hydrogens is 324 g/mol. The minimum absolute atomic E-state index is 0.0501. The highest BCUT2D eigenvalue weighted by Crippen LogP contribution is 2.31. The molecule has 1 unspecified atom stereocenters. The molecule has 2 amide bonds. The first kappa shape index (κ1) is 18.9. The monoisotopic (exact) mass is 350 g/mol. The van der Waals surface area contributed by atoms with E-state index in [0.717, 1.165) is 5.56 Å². The fourth-order valence-electron chi connectivity index (χ4n) is 2.57. The van der Waals surface area contributed by atoms with Crippen LogP contribution in [0, 0.1) is 0 Å². The maximum Gasteiger partial charge on any atom is 0.409 e. The van der Waals surface area contributed by atoms with Gasteiger partial charge in [-0.2, -0.15) is 0 Å². The Bertz CT molecular complexity index is 617. The molecule has 0 bridgehead atoms. The van der Waals surface area contributed by atoms with E-state index in [0.29, 0.717) is 31.2 Å². The van der Waals surface area contributed by atoms with Gasteiger partial charge in [0.15, 0.2) is 11.5 Å². The largest absolute Gasteiger partial charge is 0.493 e. The number of hydrogen-bond acceptors (Lipinski definition) is 5. The van der Waals surface area contributed by atoms with Gasteiger partial charge < -0.3 is 24.4 Å². The Morgan fingerprint density at radius 2 is 2.08 bits per heavy atom. The molecule has 0 radical (unpaired) electrons. The summed E-state index contributed by atoms with van der Waals surface area (Å²) in [5.74, 6) is 1.19. The molecule has 7 heteroatoms. The van der Waals surface area contributed by atoms with E-state index in [-0.39, 0.29) is 30.6 Å². The predicted molar refractivity (Wildman–Crippen MR) is 92.9 cm³/mol. The number of rotatable bonds is 8. The smallest absolute Gasteiger partial charge is 0.409 e. The first-order chi connectivity index (χ1) is 11.9. The lowest BCUT2D eigenvalue weighted by molar-refractivity contribution is -0.121. The summed E-state index contributed by atoms with van der Waals surface area (Å²) in [5, 5.41) is 2.93. The van der Waals surface area contributed by atoms with Crippen molar-refractivity contribution >= 4 is 12.0 Å². The summed E-state index contributed by atoms with van der Waals surface area (Å²) in [6.07, 6.45) is -0.0639. The Morgan fingerprint density at radius 1 is 1.32 bits per heavy atom. The molecule has 1 aliphatic rings. The number of carbonyl (C=O) groups excluding carboxylic acids is 2. The third-order valence-corrected chi connectivity index (χ3v) is 3.88. The van der Waals surface area contributed by atoms with Crippen molar-refractivity contribution in [2.45, 2.75) is 39.3 Å². The van der Waals surface area contributed by atoms with Crippen LogP contribution >= 0.6 is 0 Å². The molecule has 1 saturated heterocycles. The Balaban J connectivity index is 1.91. The van der Waals surface area contributed by atoms with E-state index in [4.69, 9.17) is 14.2 Å². The zero-order valence-electron chi connectivity index (χ0n) is 15.2. The van der Waals surface area contributed by atoms with Gasteiger partial charge in [-0.25, -0.2) is 4.79 Å². The van der Waals surface area contributed by atoms with Crippen molar-refractivity contribution in [3.05, 3.63) is 23.8 Å². The van der Waals surface area contributed by atoms with Crippen LogP contribution in [0.5, 0.6) is 11.5 Å². The third kappa shape index (κ3) is 5.27. The van der Waals surface area contributed by atoms with E-state index < -0.39 is 0 Å². The van der Waals surface area contributed by atoms with Crippen LogP contribution in [-0.2, 0) is 9.53 Å². The number of cyclic esters (lactones) is 1. The number of benzene rings is 1. The molecule has 2 rings (SSSR count). The molecule has 25 heavy (non-hydrogen) atoms. The van der Waals surface area contributed by atoms with Crippen molar-refractivity contribution in [3.63, 3.8) is 0 Å². The second-order valence-corrected chi connectivity index (χ2v) is 6.22. The highest BCUT2D eigenvalue weighted by atomic mass is 16.6. The van der Waals surface area contributed by atoms with Crippen LogP contribution in [0.3, 0.4) is 0 Å². The van der Waals surface area contributed by atoms with Crippen LogP contribution in [-0.4, -0.2) is 49.8 Å². The summed E-state index contributed by atoms with van der Waals surface area (Å²) in [6.45, 7) is 7.10. The molecule has 1 N–H and O–H groups in total. The normalized spacial score (nSPS) is 15.1. The Labute approximate surface area is 148 Å². The van der Waals surface area contributed by atoms with Crippen LogP contribution in [0.25, 0.3) is 0 Å². The quantitative estimate of drug-likeness (QED) is 0.779. The van der Waals surface area contributed by atoms with Gasteiger partial charge in [-0.1, -0.05) is 6.07 Å². The van der Waals surface area contributed by atoms with Gasteiger partial charge in [0.1, 0.15) is 6.61 Å². The number of nitrogens with zero attached hydrogens (tertiary/aromatic N) is 1. The lowest BCUT2D eigenvalue weighted by Crippen LogP contribution is -2.32. The number of hydrogen-bond donors (Lipinski definition) is 1. The summed E-state index contributed by atoms with van der Waals surface area (Å²) in [7, 11) is 1.59. The number of ether oxygens (including phenoxy) is 3. The molecular formula is C18H26N2O5. The van der Waals surface area contributed by atoms with Crippen molar-refractivity contribution in [1.29, 1.82) is 0 Å². The van der Waals surface area contributed by atoms with Crippen molar-refractivity contribution < 1.29 is 23.8 Å². The standard InChI is InChI=1S/C18H26N2O5/c1-12(2)25-15-6-5-14(11-16(15)23-4)13(3)19-17(21)7-8-20-9-10-24-18(20)22/h5-6,11-13H,7-10H2,1-4H3,(H,19,21). The fourth-order valence-corrected chi connectivity index (χ4v) is 2.57. The average Bonchev–Trinajstić information content (AvgIpc) is 2.97. The van der Waals surface area contributed by atoms with E-state index in [1.54, 1.807) is 7.11 Å². The summed E-state index contributed by atoms with van der Waals surface area (Å²) in [4.78, 5) is 25.0. The zero-order chi connectivity index (χ0) is 18.4. The van der Waals surface area contributed by atoms with Crippen molar-refractivity contribution in [3.8, 4) is 11.5 Å². The second-order valence-electron chi connectivity index (χ2n) is 6.22. The average molecular weight is 350 g/mol. The van der Waals surface area contributed by atoms with E-state index >= 15 is 0 Å². The minimum atomic E-state index is -0.355. The number of nitrogens with one attached hydrogen (secondary N) is 1. The number of carbonyl (C=O) groups is 2. The summed E-state index contributed by atoms with van der Waals surface area (Å²) in [6, 6.07) is 5.43. The minimum Gasteiger partial charge on any atom is -0.493 e. The zero-order valence-corrected chi connectivity index (χ0v) is 15.2. The van der Waals surface area contributed by atoms with E-state index in [1.807, 2.05) is 39.0 Å². The van der Waals surface area contributed by atoms with Gasteiger partial charge in [0, 0.05) is 13.0 Å². The highest BCUT2D eigenvalue weighted by Gasteiger charge is 2.22. The van der Waals surface area contributed by atoms with Crippen LogP contribution in [0.15, 0.2) is 18.2 Å². The Morgan fingerprint density at radius 3 is 2.68 bits per heavy atom. The summed E-state index contributed by atoms with van der Waals surface area (Å²) >= 11 is 0. The molecule has 7 nitrogen and oxygen atoms in total. The summed E-state index contributed by atoms with van der Waals surface area (Å²) < 4.78 is 15.9. The molecule has 1 aliphatic heterocycles. The topological polar surface area (TPSA) is 77.1 Å². The molecule has 0 spiro atoms. The Hall–Kier alpha value is -2.44. The van der Waals surface area contributed by atoms with Gasteiger partial charge in [0.05, 0.1) is 25.8 Å². The Kier molecular flexibility index (Phi) is 6.50. The lowest BCUT2D eigenvalue weighted by atomic mass is 10.1. The second kappa shape index (κ2) is 8.60. The maximum atomic E-state index is 12.1. The number of amides is 2. The predicted octanol–water partition coefficient (Wildman–Crippen LogP) is 2.50. The van der Waals surface area contributed by atoms with Crippen molar-refractivity contribution in [1.82, 2.24) is 10.2 Å². The van der Waals surface area contributed by atoms with Gasteiger partial charge >= 0.3 is 6.09 Å². The van der Waals surface area contributed by atoms with E-state index in [2.05, 4.69) is 5.32 Å². The molecule has 1 atom stereocenters. The first-order valence-electron chi connectivity index (χ1n) is 8.46. The molecule has 0 aliphatic carbocycles. The van der Waals surface area contributed by atoms with E-state index in [9.17, 15) is 9.59 Å². The summed E-state index contributed by atoms with van der Waals surface area (Å²) in [5.41, 5.74) is 0.918. The van der Waals surface area contributed by atoms with Crippen LogP contribution in [0.1, 0.15) is 38.8 Å².